The normalized spacial score (nSPS) is 9.17. The average Bonchev–Trinajstić information content (AvgIpc) is 2.35. The third kappa shape index (κ3) is 2.04. The Morgan fingerprint density at radius 1 is 0.944 bits per heavy atom. The van der Waals surface area contributed by atoms with E-state index in [4.69, 9.17) is 17.1 Å². The molecule has 0 N–H and O–H groups in total. The van der Waals surface area contributed by atoms with E-state index in [2.05, 4.69) is 4.85 Å². The third-order valence-corrected chi connectivity index (χ3v) is 2.06. The summed E-state index contributed by atoms with van der Waals surface area (Å²) < 4.78 is 1.51. The molecule has 9 nitrogen and oxygen atoms in total. The van der Waals surface area contributed by atoms with E-state index in [-0.39, 0.29) is 0 Å². The van der Waals surface area contributed by atoms with Gasteiger partial charge in [0, 0.05) is 0 Å². The Labute approximate surface area is 99.8 Å². The molecule has 0 aliphatic carbocycles. The lowest BCUT2D eigenvalue weighted by molar-refractivity contribution is 0.505. The van der Waals surface area contributed by atoms with Crippen LogP contribution >= 0.6 is 0 Å². The highest BCUT2D eigenvalue weighted by molar-refractivity contribution is 4.86. The van der Waals surface area contributed by atoms with Gasteiger partial charge >= 0.3 is 23.7 Å². The van der Waals surface area contributed by atoms with Crippen LogP contribution in [0.5, 0.6) is 0 Å². The second-order valence-corrected chi connectivity index (χ2v) is 3.06. The number of rotatable bonds is 3. The monoisotopic (exact) mass is 246 g/mol. The van der Waals surface area contributed by atoms with Crippen molar-refractivity contribution < 1.29 is 0 Å². The summed E-state index contributed by atoms with van der Waals surface area (Å²) in [7, 11) is 0. The topological polar surface area (TPSA) is 118 Å². The SMILES string of the molecule is [C-]#[N+]Cn1c(=O)n(CC#N)c(=O)n(CC#N)c1=O. The summed E-state index contributed by atoms with van der Waals surface area (Å²) in [6.45, 7) is 4.95. The Morgan fingerprint density at radius 3 is 1.67 bits per heavy atom. The summed E-state index contributed by atoms with van der Waals surface area (Å²) in [4.78, 5) is 37.9. The van der Waals surface area contributed by atoms with Crippen LogP contribution in [0.25, 0.3) is 4.85 Å². The molecule has 1 aromatic heterocycles. The molecule has 0 aliphatic rings. The second kappa shape index (κ2) is 5.28. The zero-order valence-electron chi connectivity index (χ0n) is 9.03. The van der Waals surface area contributed by atoms with Crippen LogP contribution in [-0.4, -0.2) is 13.7 Å². The Morgan fingerprint density at radius 2 is 1.33 bits per heavy atom. The molecule has 1 heterocycles. The second-order valence-electron chi connectivity index (χ2n) is 3.06. The molecule has 0 spiro atoms. The molecule has 0 radical (unpaired) electrons. The highest BCUT2D eigenvalue weighted by Gasteiger charge is 2.15. The molecular formula is C9H6N6O3. The van der Waals surface area contributed by atoms with E-state index in [0.717, 1.165) is 0 Å². The van der Waals surface area contributed by atoms with Crippen molar-refractivity contribution in [2.45, 2.75) is 19.8 Å². The first kappa shape index (κ1) is 12.9. The maximum absolute atomic E-state index is 11.7. The predicted octanol–water partition coefficient (Wildman–Crippen LogP) is -1.90. The molecule has 9 heteroatoms. The summed E-state index contributed by atoms with van der Waals surface area (Å²) >= 11 is 0. The van der Waals surface area contributed by atoms with Gasteiger partial charge in [-0.1, -0.05) is 0 Å². The lowest BCUT2D eigenvalue weighted by Gasteiger charge is -2.06. The van der Waals surface area contributed by atoms with E-state index in [9.17, 15) is 14.4 Å². The summed E-state index contributed by atoms with van der Waals surface area (Å²) in [5.74, 6) is 0. The minimum Gasteiger partial charge on any atom is -0.292 e. The first-order valence-electron chi connectivity index (χ1n) is 4.60. The third-order valence-electron chi connectivity index (χ3n) is 2.06. The van der Waals surface area contributed by atoms with Crippen molar-refractivity contribution in [2.24, 2.45) is 0 Å². The van der Waals surface area contributed by atoms with E-state index in [1.807, 2.05) is 0 Å². The Hall–Kier alpha value is -3.12. The first-order chi connectivity index (χ1) is 8.58. The fraction of sp³-hybridized carbons (Fsp3) is 0.333. The van der Waals surface area contributed by atoms with Crippen LogP contribution in [-0.2, 0) is 19.8 Å². The highest BCUT2D eigenvalue weighted by atomic mass is 16.2. The summed E-state index contributed by atoms with van der Waals surface area (Å²) in [6.07, 6.45) is 0. The van der Waals surface area contributed by atoms with Gasteiger partial charge in [-0.25, -0.2) is 30.1 Å². The fourth-order valence-corrected chi connectivity index (χ4v) is 1.29. The molecule has 0 bridgehead atoms. The van der Waals surface area contributed by atoms with Gasteiger partial charge in [0.1, 0.15) is 13.1 Å². The number of hydrogen-bond acceptors (Lipinski definition) is 5. The van der Waals surface area contributed by atoms with Crippen molar-refractivity contribution in [3.63, 3.8) is 0 Å². The van der Waals surface area contributed by atoms with Gasteiger partial charge in [0.25, 0.3) is 0 Å². The maximum Gasteiger partial charge on any atom is 0.343 e. The molecule has 0 atom stereocenters. The van der Waals surface area contributed by atoms with Gasteiger partial charge in [-0.05, 0) is 0 Å². The quantitative estimate of drug-likeness (QED) is 0.577. The van der Waals surface area contributed by atoms with Crippen LogP contribution in [0.4, 0.5) is 0 Å². The Kier molecular flexibility index (Phi) is 3.80. The van der Waals surface area contributed by atoms with Crippen molar-refractivity contribution >= 4 is 0 Å². The molecule has 0 aromatic carbocycles. The van der Waals surface area contributed by atoms with Crippen molar-refractivity contribution in [1.82, 2.24) is 13.7 Å². The van der Waals surface area contributed by atoms with E-state index in [1.165, 1.54) is 0 Å². The number of nitriles is 2. The maximum atomic E-state index is 11.7. The van der Waals surface area contributed by atoms with Crippen LogP contribution in [0.3, 0.4) is 0 Å². The van der Waals surface area contributed by atoms with Gasteiger partial charge in [0.2, 0.25) is 0 Å². The van der Waals surface area contributed by atoms with Crippen LogP contribution in [0.15, 0.2) is 14.4 Å². The molecule has 0 saturated heterocycles. The van der Waals surface area contributed by atoms with E-state index >= 15 is 0 Å². The molecule has 0 saturated carbocycles. The Balaban J connectivity index is 3.80. The summed E-state index contributed by atoms with van der Waals surface area (Å²) in [6, 6.07) is 3.20. The number of hydrogen-bond donors (Lipinski definition) is 0. The molecule has 0 unspecified atom stereocenters. The molecule has 1 aromatic rings. The first-order valence-corrected chi connectivity index (χ1v) is 4.60. The molecular weight excluding hydrogens is 240 g/mol. The molecule has 1 rings (SSSR count). The molecule has 0 aliphatic heterocycles. The Bertz CT molecular complexity index is 625. The van der Waals surface area contributed by atoms with E-state index in [1.54, 1.807) is 12.1 Å². The zero-order chi connectivity index (χ0) is 13.7. The van der Waals surface area contributed by atoms with Crippen LogP contribution in [0, 0.1) is 29.2 Å². The van der Waals surface area contributed by atoms with Crippen LogP contribution in [0.1, 0.15) is 0 Å². The summed E-state index contributed by atoms with van der Waals surface area (Å²) in [5.41, 5.74) is -3.09. The van der Waals surface area contributed by atoms with Crippen molar-refractivity contribution in [1.29, 1.82) is 10.5 Å². The minimum atomic E-state index is -1.03. The number of nitrogens with zero attached hydrogens (tertiary/aromatic N) is 6. The van der Waals surface area contributed by atoms with Gasteiger partial charge in [0.05, 0.1) is 12.1 Å². The van der Waals surface area contributed by atoms with Crippen LogP contribution in [0.2, 0.25) is 0 Å². The largest absolute Gasteiger partial charge is 0.343 e. The lowest BCUT2D eigenvalue weighted by Crippen LogP contribution is -2.54. The van der Waals surface area contributed by atoms with Gasteiger partial charge in [0.15, 0.2) is 0 Å². The van der Waals surface area contributed by atoms with E-state index in [0.29, 0.717) is 13.7 Å². The van der Waals surface area contributed by atoms with Crippen LogP contribution < -0.4 is 17.1 Å². The zero-order valence-corrected chi connectivity index (χ0v) is 9.03. The molecule has 0 fully saturated rings. The fourth-order valence-electron chi connectivity index (χ4n) is 1.29. The molecule has 90 valence electrons. The molecule has 18 heavy (non-hydrogen) atoms. The van der Waals surface area contributed by atoms with Crippen molar-refractivity contribution in [2.75, 3.05) is 0 Å². The smallest absolute Gasteiger partial charge is 0.292 e. The highest BCUT2D eigenvalue weighted by Crippen LogP contribution is 1.77. The van der Waals surface area contributed by atoms with Gasteiger partial charge in [-0.15, -0.1) is 0 Å². The number of aromatic nitrogens is 3. The average molecular weight is 246 g/mol. The standard InChI is InChI=1S/C9H6N6O3/c1-12-6-15-8(17)13(4-2-10)7(16)14(5-3-11)9(15)18/h4-6H2. The van der Waals surface area contributed by atoms with Crippen molar-refractivity contribution in [3.8, 4) is 12.1 Å². The molecule has 0 amide bonds. The summed E-state index contributed by atoms with van der Waals surface area (Å²) in [5, 5.41) is 17.0. The van der Waals surface area contributed by atoms with E-state index < -0.39 is 36.8 Å². The minimum absolute atomic E-state index is 0.503. The van der Waals surface area contributed by atoms with Gasteiger partial charge < -0.3 is 0 Å². The predicted molar refractivity (Wildman–Crippen MR) is 57.0 cm³/mol. The van der Waals surface area contributed by atoms with Crippen molar-refractivity contribution in [3.05, 3.63) is 42.9 Å². The van der Waals surface area contributed by atoms with Gasteiger partial charge in [-0.2, -0.15) is 15.1 Å². The van der Waals surface area contributed by atoms with Gasteiger partial charge in [-0.3, -0.25) is 4.85 Å². The lowest BCUT2D eigenvalue weighted by atomic mass is 10.6.